The third-order valence-corrected chi connectivity index (χ3v) is 3.90. The zero-order chi connectivity index (χ0) is 10.7. The molecule has 0 aromatic rings. The van der Waals surface area contributed by atoms with Gasteiger partial charge in [0.2, 0.25) is 0 Å². The van der Waals surface area contributed by atoms with Gasteiger partial charge in [0.1, 0.15) is 0 Å². The van der Waals surface area contributed by atoms with Crippen LogP contribution in [0.15, 0.2) is 24.3 Å². The Labute approximate surface area is 92.3 Å². The molecule has 1 heteroatoms. The van der Waals surface area contributed by atoms with Crippen molar-refractivity contribution in [2.45, 2.75) is 44.9 Å². The number of carbonyl (C=O) groups is 1. The highest BCUT2D eigenvalue weighted by Crippen LogP contribution is 2.41. The number of allylic oxidation sites excluding steroid dienone is 3. The topological polar surface area (TPSA) is 17.1 Å². The van der Waals surface area contributed by atoms with E-state index in [-0.39, 0.29) is 0 Å². The van der Waals surface area contributed by atoms with Crippen LogP contribution in [0.3, 0.4) is 0 Å². The maximum Gasteiger partial charge on any atom is 0.158 e. The van der Waals surface area contributed by atoms with Crippen molar-refractivity contribution in [2.24, 2.45) is 11.8 Å². The molecule has 2 unspecified atom stereocenters. The summed E-state index contributed by atoms with van der Waals surface area (Å²) in [6, 6.07) is 0. The number of rotatable bonds is 4. The van der Waals surface area contributed by atoms with Crippen molar-refractivity contribution in [1.82, 2.24) is 0 Å². The number of carbonyl (C=O) groups excluding carboxylic acids is 1. The van der Waals surface area contributed by atoms with Crippen LogP contribution in [-0.2, 0) is 4.79 Å². The summed E-state index contributed by atoms with van der Waals surface area (Å²) in [6.07, 6.45) is 11.8. The predicted molar refractivity (Wildman–Crippen MR) is 62.6 cm³/mol. The van der Waals surface area contributed by atoms with E-state index < -0.39 is 0 Å². The highest BCUT2D eigenvalue weighted by atomic mass is 16.1. The van der Waals surface area contributed by atoms with Crippen LogP contribution < -0.4 is 0 Å². The lowest BCUT2D eigenvalue weighted by Crippen LogP contribution is -2.17. The third kappa shape index (κ3) is 2.39. The van der Waals surface area contributed by atoms with Gasteiger partial charge in [-0.1, -0.05) is 18.6 Å². The van der Waals surface area contributed by atoms with Crippen LogP contribution in [0, 0.1) is 11.8 Å². The number of ketones is 1. The molecule has 1 saturated carbocycles. The van der Waals surface area contributed by atoms with E-state index in [0.717, 1.165) is 36.7 Å². The summed E-state index contributed by atoms with van der Waals surface area (Å²) in [5.41, 5.74) is 1.11. The molecule has 0 saturated heterocycles. The summed E-state index contributed by atoms with van der Waals surface area (Å²) in [5.74, 6) is 2.07. The quantitative estimate of drug-likeness (QED) is 0.639. The molecule has 15 heavy (non-hydrogen) atoms. The molecule has 2 aliphatic rings. The Balaban J connectivity index is 1.93. The Bertz CT molecular complexity index is 288. The molecule has 1 fully saturated rings. The fraction of sp³-hybridized carbons (Fsp3) is 0.643. The van der Waals surface area contributed by atoms with E-state index >= 15 is 0 Å². The Morgan fingerprint density at radius 3 is 3.07 bits per heavy atom. The van der Waals surface area contributed by atoms with Crippen LogP contribution in [0.2, 0.25) is 0 Å². The van der Waals surface area contributed by atoms with Gasteiger partial charge in [-0.05, 0) is 49.5 Å². The van der Waals surface area contributed by atoms with Gasteiger partial charge in [0.05, 0.1) is 0 Å². The third-order valence-electron chi connectivity index (χ3n) is 3.90. The predicted octanol–water partition coefficient (Wildman–Crippen LogP) is 3.66. The SMILES string of the molecule is C=CCCC(=O)C1=CCC2CCCC2C1. The summed E-state index contributed by atoms with van der Waals surface area (Å²) in [5, 5.41) is 0. The maximum absolute atomic E-state index is 11.8. The van der Waals surface area contributed by atoms with Crippen LogP contribution in [0.5, 0.6) is 0 Å². The van der Waals surface area contributed by atoms with Crippen molar-refractivity contribution in [2.75, 3.05) is 0 Å². The van der Waals surface area contributed by atoms with Gasteiger partial charge in [0.15, 0.2) is 5.78 Å². The van der Waals surface area contributed by atoms with E-state index in [2.05, 4.69) is 12.7 Å². The first-order valence-electron chi connectivity index (χ1n) is 6.14. The van der Waals surface area contributed by atoms with Crippen LogP contribution in [0.4, 0.5) is 0 Å². The zero-order valence-corrected chi connectivity index (χ0v) is 9.37. The first-order valence-corrected chi connectivity index (χ1v) is 6.14. The molecule has 0 heterocycles. The highest BCUT2D eigenvalue weighted by molar-refractivity contribution is 5.95. The standard InChI is InChI=1S/C14H20O/c1-2-3-7-14(15)13-9-8-11-5-4-6-12(11)10-13/h2,9,11-12H,1,3-8,10H2. The lowest BCUT2D eigenvalue weighted by molar-refractivity contribution is -0.115. The van der Waals surface area contributed by atoms with Gasteiger partial charge in [0, 0.05) is 6.42 Å². The summed E-state index contributed by atoms with van der Waals surface area (Å²) in [7, 11) is 0. The second-order valence-electron chi connectivity index (χ2n) is 4.87. The number of hydrogen-bond acceptors (Lipinski definition) is 1. The maximum atomic E-state index is 11.8. The Morgan fingerprint density at radius 1 is 1.47 bits per heavy atom. The first-order chi connectivity index (χ1) is 7.31. The molecule has 2 atom stereocenters. The largest absolute Gasteiger partial charge is 0.295 e. The van der Waals surface area contributed by atoms with Crippen LogP contribution in [-0.4, -0.2) is 5.78 Å². The second kappa shape index (κ2) is 4.78. The van der Waals surface area contributed by atoms with E-state index in [0.29, 0.717) is 12.2 Å². The lowest BCUT2D eigenvalue weighted by atomic mass is 9.80. The highest BCUT2D eigenvalue weighted by Gasteiger charge is 2.31. The molecule has 1 nitrogen and oxygen atoms in total. The molecule has 0 radical (unpaired) electrons. The minimum atomic E-state index is 0.361. The van der Waals surface area contributed by atoms with Crippen LogP contribution in [0.25, 0.3) is 0 Å². The smallest absolute Gasteiger partial charge is 0.158 e. The molecule has 82 valence electrons. The summed E-state index contributed by atoms with van der Waals surface area (Å²) >= 11 is 0. The van der Waals surface area contributed by atoms with Crippen molar-refractivity contribution in [3.8, 4) is 0 Å². The van der Waals surface area contributed by atoms with Crippen molar-refractivity contribution in [3.05, 3.63) is 24.3 Å². The van der Waals surface area contributed by atoms with E-state index in [4.69, 9.17) is 0 Å². The molecule has 2 rings (SSSR count). The van der Waals surface area contributed by atoms with Crippen LogP contribution >= 0.6 is 0 Å². The van der Waals surface area contributed by atoms with E-state index in [1.165, 1.54) is 19.3 Å². The minimum absolute atomic E-state index is 0.361. The summed E-state index contributed by atoms with van der Waals surface area (Å²) in [6.45, 7) is 3.66. The van der Waals surface area contributed by atoms with Crippen molar-refractivity contribution < 1.29 is 4.79 Å². The van der Waals surface area contributed by atoms with Crippen LogP contribution in [0.1, 0.15) is 44.9 Å². The molecular weight excluding hydrogens is 184 g/mol. The van der Waals surface area contributed by atoms with E-state index in [1.807, 2.05) is 6.08 Å². The molecule has 0 aromatic heterocycles. The van der Waals surface area contributed by atoms with Gasteiger partial charge in [-0.15, -0.1) is 6.58 Å². The molecule has 0 amide bonds. The number of Topliss-reactive ketones (excluding diaryl/α,β-unsaturated/α-hetero) is 1. The zero-order valence-electron chi connectivity index (χ0n) is 9.37. The first kappa shape index (κ1) is 10.7. The van der Waals surface area contributed by atoms with E-state index in [1.54, 1.807) is 0 Å². The van der Waals surface area contributed by atoms with Crippen molar-refractivity contribution in [1.29, 1.82) is 0 Å². The second-order valence-corrected chi connectivity index (χ2v) is 4.87. The Morgan fingerprint density at radius 2 is 2.27 bits per heavy atom. The van der Waals surface area contributed by atoms with Gasteiger partial charge in [-0.2, -0.15) is 0 Å². The average molecular weight is 204 g/mol. The van der Waals surface area contributed by atoms with Gasteiger partial charge in [-0.25, -0.2) is 0 Å². The Hall–Kier alpha value is -0.850. The average Bonchev–Trinajstić information content (AvgIpc) is 2.72. The molecule has 0 spiro atoms. The molecule has 0 aromatic carbocycles. The monoisotopic (exact) mass is 204 g/mol. The van der Waals surface area contributed by atoms with Gasteiger partial charge in [-0.3, -0.25) is 4.79 Å². The Kier molecular flexibility index (Phi) is 3.40. The minimum Gasteiger partial charge on any atom is -0.295 e. The summed E-state index contributed by atoms with van der Waals surface area (Å²) in [4.78, 5) is 11.8. The number of hydrogen-bond donors (Lipinski definition) is 0. The van der Waals surface area contributed by atoms with Gasteiger partial charge >= 0.3 is 0 Å². The molecule has 0 N–H and O–H groups in total. The fourth-order valence-corrected chi connectivity index (χ4v) is 2.97. The normalized spacial score (nSPS) is 29.5. The molecular formula is C14H20O. The molecule has 2 aliphatic carbocycles. The number of fused-ring (bicyclic) bond motifs is 1. The molecule has 0 bridgehead atoms. The molecule has 0 aliphatic heterocycles. The van der Waals surface area contributed by atoms with E-state index in [9.17, 15) is 4.79 Å². The lowest BCUT2D eigenvalue weighted by Gasteiger charge is -2.24. The van der Waals surface area contributed by atoms with Crippen molar-refractivity contribution in [3.63, 3.8) is 0 Å². The van der Waals surface area contributed by atoms with Gasteiger partial charge < -0.3 is 0 Å². The fourth-order valence-electron chi connectivity index (χ4n) is 2.97. The van der Waals surface area contributed by atoms with Gasteiger partial charge in [0.25, 0.3) is 0 Å². The van der Waals surface area contributed by atoms with Crippen molar-refractivity contribution >= 4 is 5.78 Å². The summed E-state index contributed by atoms with van der Waals surface area (Å²) < 4.78 is 0.